The van der Waals surface area contributed by atoms with E-state index in [1.54, 1.807) is 0 Å². The molecule has 122 valence electrons. The Morgan fingerprint density at radius 3 is 2.43 bits per heavy atom. The van der Waals surface area contributed by atoms with Gasteiger partial charge in [-0.3, -0.25) is 9.69 Å². The summed E-state index contributed by atoms with van der Waals surface area (Å²) in [5.41, 5.74) is -0.117. The molecule has 2 aliphatic heterocycles. The number of hydrogen-bond donors (Lipinski definition) is 1. The van der Waals surface area contributed by atoms with Crippen LogP contribution in [0.15, 0.2) is 0 Å². The van der Waals surface area contributed by atoms with Gasteiger partial charge in [0.2, 0.25) is 5.91 Å². The molecule has 0 aromatic rings. The van der Waals surface area contributed by atoms with Gasteiger partial charge in [-0.05, 0) is 33.2 Å². The van der Waals surface area contributed by atoms with E-state index in [1.807, 2.05) is 11.9 Å². The van der Waals surface area contributed by atoms with Crippen molar-refractivity contribution in [2.45, 2.75) is 51.8 Å². The molecule has 2 saturated heterocycles. The number of rotatable bonds is 5. The Morgan fingerprint density at radius 2 is 1.90 bits per heavy atom. The van der Waals surface area contributed by atoms with Crippen molar-refractivity contribution in [3.8, 4) is 0 Å². The van der Waals surface area contributed by atoms with Crippen molar-refractivity contribution >= 4 is 5.91 Å². The van der Waals surface area contributed by atoms with Crippen LogP contribution in [0.4, 0.5) is 0 Å². The van der Waals surface area contributed by atoms with Crippen LogP contribution in [0.1, 0.15) is 34.1 Å². The highest BCUT2D eigenvalue weighted by molar-refractivity contribution is 5.82. The van der Waals surface area contributed by atoms with Crippen LogP contribution in [0.2, 0.25) is 0 Å². The van der Waals surface area contributed by atoms with Crippen molar-refractivity contribution in [1.29, 1.82) is 0 Å². The van der Waals surface area contributed by atoms with E-state index >= 15 is 0 Å². The molecule has 1 unspecified atom stereocenters. The Balaban J connectivity index is 1.93. The Labute approximate surface area is 129 Å². The summed E-state index contributed by atoms with van der Waals surface area (Å²) in [6, 6.07) is 0.484. The summed E-state index contributed by atoms with van der Waals surface area (Å²) in [5, 5.41) is 3.18. The monoisotopic (exact) mass is 297 g/mol. The number of carbonyl (C=O) groups excluding carboxylic acids is 1. The zero-order valence-electron chi connectivity index (χ0n) is 14.2. The molecular formula is C16H31N3O2. The van der Waals surface area contributed by atoms with Gasteiger partial charge in [-0.2, -0.15) is 0 Å². The van der Waals surface area contributed by atoms with Crippen molar-refractivity contribution in [2.75, 3.05) is 39.8 Å². The Morgan fingerprint density at radius 1 is 1.24 bits per heavy atom. The molecule has 2 aliphatic rings. The molecule has 5 heteroatoms. The SMILES string of the molecule is CNC(CC(C)C)C(=O)N1CCOC2(C1)CN(C(C)C)C2. The number of nitrogens with one attached hydrogen (secondary N) is 1. The number of nitrogens with zero attached hydrogens (tertiary/aromatic N) is 2. The van der Waals surface area contributed by atoms with Crippen LogP contribution in [-0.4, -0.2) is 73.2 Å². The van der Waals surface area contributed by atoms with Gasteiger partial charge in [-0.15, -0.1) is 0 Å². The number of carbonyl (C=O) groups is 1. The lowest BCUT2D eigenvalue weighted by atomic mass is 9.90. The van der Waals surface area contributed by atoms with Crippen LogP contribution < -0.4 is 5.32 Å². The Kier molecular flexibility index (Phi) is 5.28. The minimum atomic E-state index is -0.117. The van der Waals surface area contributed by atoms with Gasteiger partial charge in [0.15, 0.2) is 0 Å². The number of morpholine rings is 1. The third-order valence-corrected chi connectivity index (χ3v) is 4.63. The first kappa shape index (κ1) is 16.7. The minimum Gasteiger partial charge on any atom is -0.369 e. The molecule has 1 spiro atoms. The number of ether oxygens (including phenoxy) is 1. The minimum absolute atomic E-state index is 0.0681. The zero-order valence-corrected chi connectivity index (χ0v) is 14.2. The number of amides is 1. The van der Waals surface area contributed by atoms with Crippen LogP contribution in [0.5, 0.6) is 0 Å². The van der Waals surface area contributed by atoms with E-state index in [-0.39, 0.29) is 17.6 Å². The first-order valence-corrected chi connectivity index (χ1v) is 8.21. The summed E-state index contributed by atoms with van der Waals surface area (Å²) in [5.74, 6) is 0.749. The van der Waals surface area contributed by atoms with Crippen molar-refractivity contribution in [2.24, 2.45) is 5.92 Å². The predicted molar refractivity (Wildman–Crippen MR) is 84.3 cm³/mol. The summed E-state index contributed by atoms with van der Waals surface area (Å²) in [6.07, 6.45) is 0.887. The Bertz CT molecular complexity index is 365. The zero-order chi connectivity index (χ0) is 15.6. The third-order valence-electron chi connectivity index (χ3n) is 4.63. The van der Waals surface area contributed by atoms with Gasteiger partial charge in [0, 0.05) is 25.7 Å². The van der Waals surface area contributed by atoms with E-state index in [1.165, 1.54) is 0 Å². The first-order chi connectivity index (χ1) is 9.87. The quantitative estimate of drug-likeness (QED) is 0.820. The van der Waals surface area contributed by atoms with E-state index in [9.17, 15) is 4.79 Å². The fourth-order valence-corrected chi connectivity index (χ4v) is 3.32. The molecule has 2 heterocycles. The molecule has 0 aromatic heterocycles. The van der Waals surface area contributed by atoms with E-state index < -0.39 is 0 Å². The predicted octanol–water partition coefficient (Wildman–Crippen LogP) is 0.942. The van der Waals surface area contributed by atoms with Gasteiger partial charge in [0.05, 0.1) is 19.2 Å². The maximum absolute atomic E-state index is 12.7. The lowest BCUT2D eigenvalue weighted by Gasteiger charge is -2.55. The van der Waals surface area contributed by atoms with Crippen molar-refractivity contribution in [3.63, 3.8) is 0 Å². The topological polar surface area (TPSA) is 44.8 Å². The van der Waals surface area contributed by atoms with Crippen molar-refractivity contribution < 1.29 is 9.53 Å². The highest BCUT2D eigenvalue weighted by Crippen LogP contribution is 2.30. The van der Waals surface area contributed by atoms with Gasteiger partial charge >= 0.3 is 0 Å². The van der Waals surface area contributed by atoms with Gasteiger partial charge < -0.3 is 15.0 Å². The summed E-state index contributed by atoms with van der Waals surface area (Å²) >= 11 is 0. The summed E-state index contributed by atoms with van der Waals surface area (Å²) in [6.45, 7) is 12.7. The Hall–Kier alpha value is -0.650. The summed E-state index contributed by atoms with van der Waals surface area (Å²) < 4.78 is 6.00. The smallest absolute Gasteiger partial charge is 0.239 e. The van der Waals surface area contributed by atoms with Crippen LogP contribution in [0.25, 0.3) is 0 Å². The molecule has 1 amide bonds. The highest BCUT2D eigenvalue weighted by atomic mass is 16.5. The fraction of sp³-hybridized carbons (Fsp3) is 0.938. The lowest BCUT2D eigenvalue weighted by Crippen LogP contribution is -2.72. The highest BCUT2D eigenvalue weighted by Gasteiger charge is 2.49. The van der Waals surface area contributed by atoms with Gasteiger partial charge in [0.1, 0.15) is 5.60 Å². The standard InChI is InChI=1S/C16H31N3O2/c1-12(2)8-14(17-5)15(20)18-6-7-21-16(9-18)10-19(11-16)13(3)4/h12-14,17H,6-11H2,1-5H3. The van der Waals surface area contributed by atoms with E-state index in [4.69, 9.17) is 4.74 Å². The molecule has 0 saturated carbocycles. The number of hydrogen-bond acceptors (Lipinski definition) is 4. The average molecular weight is 297 g/mol. The number of likely N-dealkylation sites (N-methyl/N-ethyl adjacent to an activating group) is 1. The van der Waals surface area contributed by atoms with Crippen LogP contribution >= 0.6 is 0 Å². The molecule has 0 aliphatic carbocycles. The van der Waals surface area contributed by atoms with E-state index in [2.05, 4.69) is 37.9 Å². The number of likely N-dealkylation sites (tertiary alicyclic amines) is 1. The molecule has 0 bridgehead atoms. The van der Waals surface area contributed by atoms with Crippen LogP contribution in [-0.2, 0) is 9.53 Å². The second kappa shape index (κ2) is 6.63. The van der Waals surface area contributed by atoms with E-state index in [0.717, 1.165) is 32.6 Å². The normalized spacial score (nSPS) is 23.7. The van der Waals surface area contributed by atoms with Crippen LogP contribution in [0, 0.1) is 5.92 Å². The van der Waals surface area contributed by atoms with Crippen LogP contribution in [0.3, 0.4) is 0 Å². The third kappa shape index (κ3) is 3.76. The molecular weight excluding hydrogens is 266 g/mol. The van der Waals surface area contributed by atoms with Crippen molar-refractivity contribution in [1.82, 2.24) is 15.1 Å². The molecule has 5 nitrogen and oxygen atoms in total. The van der Waals surface area contributed by atoms with Crippen molar-refractivity contribution in [3.05, 3.63) is 0 Å². The van der Waals surface area contributed by atoms with Gasteiger partial charge in [-0.1, -0.05) is 13.8 Å². The lowest BCUT2D eigenvalue weighted by molar-refractivity contribution is -0.195. The first-order valence-electron chi connectivity index (χ1n) is 8.21. The molecule has 2 rings (SSSR count). The van der Waals surface area contributed by atoms with Gasteiger partial charge in [-0.25, -0.2) is 0 Å². The molecule has 2 fully saturated rings. The van der Waals surface area contributed by atoms with E-state index in [0.29, 0.717) is 18.6 Å². The second-order valence-corrected chi connectivity index (χ2v) is 7.26. The molecule has 1 atom stereocenters. The summed E-state index contributed by atoms with van der Waals surface area (Å²) in [4.78, 5) is 17.1. The maximum atomic E-state index is 12.7. The largest absolute Gasteiger partial charge is 0.369 e. The average Bonchev–Trinajstić information content (AvgIpc) is 2.41. The molecule has 21 heavy (non-hydrogen) atoms. The second-order valence-electron chi connectivity index (χ2n) is 7.26. The fourth-order valence-electron chi connectivity index (χ4n) is 3.32. The maximum Gasteiger partial charge on any atom is 0.239 e. The molecule has 0 aromatic carbocycles. The van der Waals surface area contributed by atoms with Gasteiger partial charge in [0.25, 0.3) is 0 Å². The summed E-state index contributed by atoms with van der Waals surface area (Å²) in [7, 11) is 1.88. The molecule has 0 radical (unpaired) electrons. The molecule has 1 N–H and O–H groups in total.